The lowest BCUT2D eigenvalue weighted by Gasteiger charge is -2.24. The van der Waals surface area contributed by atoms with Gasteiger partial charge in [0.1, 0.15) is 6.61 Å². The number of hydrogen-bond acceptors (Lipinski definition) is 4. The summed E-state index contributed by atoms with van der Waals surface area (Å²) in [6.07, 6.45) is 2.07. The molecule has 1 aliphatic rings. The van der Waals surface area contributed by atoms with Crippen molar-refractivity contribution in [2.24, 2.45) is 0 Å². The maximum absolute atomic E-state index is 9.88. The summed E-state index contributed by atoms with van der Waals surface area (Å²) >= 11 is 0. The minimum absolute atomic E-state index is 0.140. The Morgan fingerprint density at radius 2 is 1.88 bits per heavy atom. The van der Waals surface area contributed by atoms with Crippen LogP contribution in [0.25, 0.3) is 0 Å². The second-order valence-electron chi connectivity index (χ2n) is 6.43. The van der Waals surface area contributed by atoms with Crippen molar-refractivity contribution >= 4 is 0 Å². The van der Waals surface area contributed by atoms with Crippen LogP contribution >= 0.6 is 0 Å². The maximum Gasteiger partial charge on any atom is 0.165 e. The van der Waals surface area contributed by atoms with Crippen LogP contribution in [0.4, 0.5) is 0 Å². The number of phenolic OH excluding ortho intramolecular Hbond substituents is 1. The summed E-state index contributed by atoms with van der Waals surface area (Å²) in [6.45, 7) is 4.85. The van der Waals surface area contributed by atoms with Gasteiger partial charge in [0.05, 0.1) is 19.6 Å². The van der Waals surface area contributed by atoms with Crippen LogP contribution in [0.3, 0.4) is 0 Å². The molecule has 0 radical (unpaired) electrons. The summed E-state index contributed by atoms with van der Waals surface area (Å²) in [4.78, 5) is 0. The summed E-state index contributed by atoms with van der Waals surface area (Å²) < 4.78 is 16.8. The number of methoxy groups -OCH3 is 2. The van der Waals surface area contributed by atoms with Crippen LogP contribution in [0, 0.1) is 0 Å². The van der Waals surface area contributed by atoms with Crippen LogP contribution in [-0.2, 0) is 11.8 Å². The van der Waals surface area contributed by atoms with Gasteiger partial charge >= 0.3 is 0 Å². The summed E-state index contributed by atoms with van der Waals surface area (Å²) in [5.74, 6) is 2.21. The molecule has 0 aliphatic carbocycles. The Morgan fingerprint density at radius 1 is 1.12 bits per heavy atom. The molecule has 24 heavy (non-hydrogen) atoms. The van der Waals surface area contributed by atoms with Gasteiger partial charge in [0.25, 0.3) is 0 Å². The zero-order valence-corrected chi connectivity index (χ0v) is 14.7. The molecule has 0 fully saturated rings. The van der Waals surface area contributed by atoms with Gasteiger partial charge < -0.3 is 19.3 Å². The zero-order chi connectivity index (χ0) is 17.3. The molecule has 128 valence electrons. The third-order valence-electron chi connectivity index (χ3n) is 4.79. The number of phenols is 1. The molecule has 2 aromatic rings. The smallest absolute Gasteiger partial charge is 0.165 e. The van der Waals surface area contributed by atoms with E-state index < -0.39 is 0 Å². The molecule has 0 amide bonds. The van der Waals surface area contributed by atoms with E-state index in [1.165, 1.54) is 5.56 Å². The third-order valence-corrected chi connectivity index (χ3v) is 4.79. The highest BCUT2D eigenvalue weighted by atomic mass is 16.5. The summed E-state index contributed by atoms with van der Waals surface area (Å²) in [5.41, 5.74) is 3.10. The Labute approximate surface area is 143 Å². The molecule has 0 saturated carbocycles. The van der Waals surface area contributed by atoms with E-state index in [-0.39, 0.29) is 11.2 Å². The molecule has 0 bridgehead atoms. The molecule has 1 atom stereocenters. The largest absolute Gasteiger partial charge is 0.504 e. The van der Waals surface area contributed by atoms with E-state index >= 15 is 0 Å². The number of aryl methyl sites for hydroxylation is 1. The van der Waals surface area contributed by atoms with Crippen molar-refractivity contribution in [2.75, 3.05) is 20.8 Å². The van der Waals surface area contributed by atoms with E-state index in [1.807, 2.05) is 12.1 Å². The Hall–Kier alpha value is -2.36. The van der Waals surface area contributed by atoms with Gasteiger partial charge in [-0.15, -0.1) is 0 Å². The van der Waals surface area contributed by atoms with E-state index in [4.69, 9.17) is 14.2 Å². The molecule has 2 aromatic carbocycles. The van der Waals surface area contributed by atoms with E-state index in [1.54, 1.807) is 20.3 Å². The SMILES string of the molecule is CCCc1cc(OC)c2c(c1)C(C)(c1ccc(O)c(OC)c1)CO2. The average Bonchev–Trinajstić information content (AvgIpc) is 2.93. The van der Waals surface area contributed by atoms with E-state index in [0.29, 0.717) is 12.4 Å². The standard InChI is InChI=1S/C20H24O4/c1-5-6-13-9-15-19(18(10-13)23-4)24-12-20(15,2)14-7-8-16(21)17(11-14)22-3/h7-11,21H,5-6,12H2,1-4H3. The summed E-state index contributed by atoms with van der Waals surface area (Å²) in [7, 11) is 3.23. The van der Waals surface area contributed by atoms with Gasteiger partial charge in [0.2, 0.25) is 0 Å². The predicted octanol–water partition coefficient (Wildman–Crippen LogP) is 4.06. The number of aromatic hydroxyl groups is 1. The molecule has 3 rings (SSSR count). The monoisotopic (exact) mass is 328 g/mol. The summed E-state index contributed by atoms with van der Waals surface area (Å²) in [6, 6.07) is 9.76. The molecule has 1 heterocycles. The fourth-order valence-corrected chi connectivity index (χ4v) is 3.36. The van der Waals surface area contributed by atoms with E-state index in [9.17, 15) is 5.11 Å². The lowest BCUT2D eigenvalue weighted by atomic mass is 9.77. The van der Waals surface area contributed by atoms with Crippen molar-refractivity contribution in [3.8, 4) is 23.0 Å². The van der Waals surface area contributed by atoms with E-state index in [0.717, 1.165) is 35.5 Å². The number of benzene rings is 2. The first kappa shape index (κ1) is 16.5. The Balaban J connectivity index is 2.14. The fraction of sp³-hybridized carbons (Fsp3) is 0.400. The highest BCUT2D eigenvalue weighted by Crippen LogP contribution is 2.49. The number of ether oxygens (including phenoxy) is 3. The average molecular weight is 328 g/mol. The first-order valence-electron chi connectivity index (χ1n) is 8.25. The zero-order valence-electron chi connectivity index (χ0n) is 14.7. The van der Waals surface area contributed by atoms with Crippen LogP contribution in [0.15, 0.2) is 30.3 Å². The number of fused-ring (bicyclic) bond motifs is 1. The second kappa shape index (κ2) is 6.27. The molecule has 0 saturated heterocycles. The third kappa shape index (κ3) is 2.56. The first-order chi connectivity index (χ1) is 11.5. The molecule has 1 unspecified atom stereocenters. The Bertz CT molecular complexity index is 754. The van der Waals surface area contributed by atoms with Gasteiger partial charge in [-0.1, -0.05) is 25.5 Å². The molecule has 0 aromatic heterocycles. The second-order valence-corrected chi connectivity index (χ2v) is 6.43. The van der Waals surface area contributed by atoms with Crippen LogP contribution in [0.5, 0.6) is 23.0 Å². The van der Waals surface area contributed by atoms with Gasteiger partial charge in [0, 0.05) is 5.56 Å². The van der Waals surface area contributed by atoms with Crippen LogP contribution in [-0.4, -0.2) is 25.9 Å². The Kier molecular flexibility index (Phi) is 4.31. The van der Waals surface area contributed by atoms with E-state index in [2.05, 4.69) is 26.0 Å². The quantitative estimate of drug-likeness (QED) is 0.899. The topological polar surface area (TPSA) is 47.9 Å². The van der Waals surface area contributed by atoms with Crippen molar-refractivity contribution in [1.82, 2.24) is 0 Å². The van der Waals surface area contributed by atoms with Crippen molar-refractivity contribution in [3.63, 3.8) is 0 Å². The van der Waals surface area contributed by atoms with Crippen LogP contribution in [0.2, 0.25) is 0 Å². The molecule has 4 nitrogen and oxygen atoms in total. The van der Waals surface area contributed by atoms with Crippen LogP contribution in [0.1, 0.15) is 37.0 Å². The van der Waals surface area contributed by atoms with Crippen molar-refractivity contribution in [2.45, 2.75) is 32.1 Å². The van der Waals surface area contributed by atoms with Gasteiger partial charge in [0.15, 0.2) is 23.0 Å². The molecular weight excluding hydrogens is 304 g/mol. The molecule has 0 spiro atoms. The maximum atomic E-state index is 9.88. The minimum Gasteiger partial charge on any atom is -0.504 e. The number of rotatable bonds is 5. The Morgan fingerprint density at radius 3 is 2.54 bits per heavy atom. The molecule has 1 N–H and O–H groups in total. The highest BCUT2D eigenvalue weighted by Gasteiger charge is 2.40. The fourth-order valence-electron chi connectivity index (χ4n) is 3.36. The van der Waals surface area contributed by atoms with Gasteiger partial charge in [-0.2, -0.15) is 0 Å². The number of hydrogen-bond donors (Lipinski definition) is 1. The lowest BCUT2D eigenvalue weighted by Crippen LogP contribution is -2.25. The minimum atomic E-state index is -0.312. The predicted molar refractivity (Wildman–Crippen MR) is 93.6 cm³/mol. The molecule has 1 aliphatic heterocycles. The molecule has 4 heteroatoms. The van der Waals surface area contributed by atoms with Gasteiger partial charge in [-0.3, -0.25) is 0 Å². The lowest BCUT2D eigenvalue weighted by molar-refractivity contribution is 0.287. The van der Waals surface area contributed by atoms with Gasteiger partial charge in [-0.05, 0) is 42.7 Å². The molecular formula is C20H24O4. The highest BCUT2D eigenvalue weighted by molar-refractivity contribution is 5.60. The summed E-state index contributed by atoms with van der Waals surface area (Å²) in [5, 5.41) is 9.88. The van der Waals surface area contributed by atoms with Crippen molar-refractivity contribution in [3.05, 3.63) is 47.0 Å². The van der Waals surface area contributed by atoms with Crippen LogP contribution < -0.4 is 14.2 Å². The van der Waals surface area contributed by atoms with Crippen molar-refractivity contribution < 1.29 is 19.3 Å². The van der Waals surface area contributed by atoms with Crippen molar-refractivity contribution in [1.29, 1.82) is 0 Å². The normalized spacial score (nSPS) is 18.8. The van der Waals surface area contributed by atoms with Gasteiger partial charge in [-0.25, -0.2) is 0 Å². The first-order valence-corrected chi connectivity index (χ1v) is 8.25.